The van der Waals surface area contributed by atoms with Crippen LogP contribution in [-0.4, -0.2) is 136 Å². The zero-order chi connectivity index (χ0) is 40.9. The Hall–Kier alpha value is -5.55. The Labute approximate surface area is 332 Å². The number of nitrogens with one attached hydrogen (secondary N) is 2. The van der Waals surface area contributed by atoms with Gasteiger partial charge in [0.1, 0.15) is 17.3 Å². The molecule has 8 rings (SSSR count). The van der Waals surface area contributed by atoms with Gasteiger partial charge in [-0.1, -0.05) is 48.5 Å². The smallest absolute Gasteiger partial charge is 0.312 e. The molecule has 4 fully saturated rings. The Morgan fingerprint density at radius 1 is 0.603 bits per heavy atom. The summed E-state index contributed by atoms with van der Waals surface area (Å²) in [6.07, 6.45) is 1.31. The topological polar surface area (TPSA) is 179 Å². The molecule has 4 atom stereocenters. The van der Waals surface area contributed by atoms with Gasteiger partial charge >= 0.3 is 23.6 Å². The number of amides is 4. The van der Waals surface area contributed by atoms with Gasteiger partial charge in [0, 0.05) is 65.0 Å². The molecule has 4 aromatic rings. The molecule has 0 spiro atoms. The highest BCUT2D eigenvalue weighted by atomic mass is 19.3. The number of H-pyrrole nitrogens is 2. The minimum atomic E-state index is -2.86. The fourth-order valence-corrected chi connectivity index (χ4v) is 8.31. The zero-order valence-corrected chi connectivity index (χ0v) is 31.9. The van der Waals surface area contributed by atoms with Gasteiger partial charge in [-0.25, -0.2) is 23.1 Å². The van der Waals surface area contributed by atoms with Gasteiger partial charge in [0.25, 0.3) is 5.92 Å². The number of aliphatic hydroxyl groups excluding tert-OH is 2. The van der Waals surface area contributed by atoms with Crippen LogP contribution in [0.4, 0.5) is 13.2 Å². The molecular weight excluding hydrogens is 757 g/mol. The molecule has 2 aromatic carbocycles. The number of aromatic amines is 2. The van der Waals surface area contributed by atoms with Gasteiger partial charge in [-0.05, 0) is 42.0 Å². The summed E-state index contributed by atoms with van der Waals surface area (Å²) in [6.45, 7) is 1.33. The maximum atomic E-state index is 14.3. The van der Waals surface area contributed by atoms with Crippen molar-refractivity contribution in [3.8, 4) is 33.6 Å². The molecule has 17 heteroatoms. The molecule has 4 N–H and O–H groups in total. The number of piperidine rings is 2. The second-order valence-corrected chi connectivity index (χ2v) is 16.1. The van der Waals surface area contributed by atoms with Crippen LogP contribution in [0.2, 0.25) is 0 Å². The summed E-state index contributed by atoms with van der Waals surface area (Å²) >= 11 is 0. The van der Waals surface area contributed by atoms with Gasteiger partial charge in [-0.3, -0.25) is 19.2 Å². The molecular formula is C41H45F3N8O6. The van der Waals surface area contributed by atoms with Gasteiger partial charge in [-0.15, -0.1) is 0 Å². The number of halogens is 3. The molecule has 2 aromatic heterocycles. The highest BCUT2D eigenvalue weighted by Crippen LogP contribution is 2.36. The van der Waals surface area contributed by atoms with Crippen LogP contribution >= 0.6 is 0 Å². The molecule has 0 radical (unpaired) electrons. The molecule has 306 valence electrons. The largest absolute Gasteiger partial charge is 0.391 e. The lowest BCUT2D eigenvalue weighted by Gasteiger charge is -2.34. The highest BCUT2D eigenvalue weighted by molar-refractivity contribution is 6.35. The maximum absolute atomic E-state index is 14.3. The predicted octanol–water partition coefficient (Wildman–Crippen LogP) is 4.01. The Kier molecular flexibility index (Phi) is 10.4. The molecule has 0 unspecified atom stereocenters. The second-order valence-electron chi connectivity index (χ2n) is 16.1. The number of aromatic nitrogens is 4. The van der Waals surface area contributed by atoms with E-state index in [-0.39, 0.29) is 65.0 Å². The van der Waals surface area contributed by atoms with Crippen LogP contribution in [0.1, 0.15) is 69.2 Å². The summed E-state index contributed by atoms with van der Waals surface area (Å²) in [4.78, 5) is 73.1. The highest BCUT2D eigenvalue weighted by Gasteiger charge is 2.44. The normalized spacial score (nSPS) is 24.3. The Balaban J connectivity index is 0.904. The number of likely N-dealkylation sites (tertiary alicyclic amines) is 4. The van der Waals surface area contributed by atoms with Crippen molar-refractivity contribution >= 4 is 23.6 Å². The predicted molar refractivity (Wildman–Crippen MR) is 203 cm³/mol. The van der Waals surface area contributed by atoms with Gasteiger partial charge in [0.05, 0.1) is 48.1 Å². The quantitative estimate of drug-likeness (QED) is 0.219. The first kappa shape index (κ1) is 39.3. The van der Waals surface area contributed by atoms with Crippen LogP contribution < -0.4 is 0 Å². The summed E-state index contributed by atoms with van der Waals surface area (Å²) < 4.78 is 41.6. The van der Waals surface area contributed by atoms with Gasteiger partial charge in [0.15, 0.2) is 0 Å². The van der Waals surface area contributed by atoms with Gasteiger partial charge in [-0.2, -0.15) is 0 Å². The first-order chi connectivity index (χ1) is 27.6. The van der Waals surface area contributed by atoms with Crippen molar-refractivity contribution in [2.45, 2.75) is 81.3 Å². The molecule has 14 nitrogen and oxygen atoms in total. The number of carbonyl (C=O) groups is 4. The third-order valence-corrected chi connectivity index (χ3v) is 11.9. The summed E-state index contributed by atoms with van der Waals surface area (Å²) in [5.74, 6) is -5.15. The summed E-state index contributed by atoms with van der Waals surface area (Å²) in [6, 6.07) is 14.2. The van der Waals surface area contributed by atoms with Crippen LogP contribution in [0, 0.1) is 0 Å². The first-order valence-corrected chi connectivity index (χ1v) is 19.6. The van der Waals surface area contributed by atoms with Crippen molar-refractivity contribution in [3.05, 3.63) is 72.6 Å². The van der Waals surface area contributed by atoms with Crippen LogP contribution in [0.3, 0.4) is 0 Å². The van der Waals surface area contributed by atoms with E-state index in [2.05, 4.69) is 19.9 Å². The molecule has 0 aliphatic carbocycles. The third-order valence-electron chi connectivity index (χ3n) is 11.9. The lowest BCUT2D eigenvalue weighted by Crippen LogP contribution is -2.50. The van der Waals surface area contributed by atoms with Gasteiger partial charge in [0.2, 0.25) is 0 Å². The Bertz CT molecular complexity index is 2020. The fraction of sp³-hybridized carbons (Fsp3) is 0.463. The van der Waals surface area contributed by atoms with E-state index in [1.807, 2.05) is 48.5 Å². The average molecular weight is 803 g/mol. The molecule has 6 heterocycles. The lowest BCUT2D eigenvalue weighted by molar-refractivity contribution is -0.156. The number of nitrogens with zero attached hydrogens (tertiary/aromatic N) is 6. The van der Waals surface area contributed by atoms with Crippen molar-refractivity contribution in [2.75, 3.05) is 39.3 Å². The van der Waals surface area contributed by atoms with E-state index >= 15 is 0 Å². The monoisotopic (exact) mass is 802 g/mol. The molecule has 4 aliphatic heterocycles. The summed E-state index contributed by atoms with van der Waals surface area (Å²) in [7, 11) is 0. The number of hydrogen-bond acceptors (Lipinski definition) is 8. The van der Waals surface area contributed by atoms with Crippen molar-refractivity contribution in [2.24, 2.45) is 0 Å². The average Bonchev–Trinajstić information content (AvgIpc) is 4.04. The summed E-state index contributed by atoms with van der Waals surface area (Å²) in [5.41, 5.74) is 3.53. The van der Waals surface area contributed by atoms with Crippen LogP contribution in [0.15, 0.2) is 60.9 Å². The second kappa shape index (κ2) is 15.3. The SMILES string of the molecule is CC1(F)CCN(C(=O)C(=O)N2C[C@H](O)C[C@H]2c2ncc(-c3ccc(-c4ccc(-c5cnc([C@@H]6C[C@@H](O)CN6C(=O)C(=O)N6CCC(F)(F)CC6)[nH]5)cc4)cc3)[nH]2)CC1. The van der Waals surface area contributed by atoms with Crippen LogP contribution in [0.5, 0.6) is 0 Å². The van der Waals surface area contributed by atoms with Crippen molar-refractivity contribution in [1.29, 1.82) is 0 Å². The third kappa shape index (κ3) is 7.97. The molecule has 4 saturated heterocycles. The fourth-order valence-electron chi connectivity index (χ4n) is 8.31. The maximum Gasteiger partial charge on any atom is 0.312 e. The number of hydrogen-bond donors (Lipinski definition) is 4. The van der Waals surface area contributed by atoms with Crippen molar-refractivity contribution < 1.29 is 42.6 Å². The first-order valence-electron chi connectivity index (χ1n) is 19.6. The number of benzene rings is 2. The molecule has 4 aliphatic rings. The lowest BCUT2D eigenvalue weighted by atomic mass is 9.95. The Morgan fingerprint density at radius 2 is 0.966 bits per heavy atom. The minimum Gasteiger partial charge on any atom is -0.391 e. The Morgan fingerprint density at radius 3 is 1.36 bits per heavy atom. The number of β-amino-alcohol motifs (C(OH)–C–C–N with tert-alkyl or cyclic N) is 2. The molecule has 0 saturated carbocycles. The van der Waals surface area contributed by atoms with E-state index in [4.69, 9.17) is 0 Å². The number of alkyl halides is 3. The van der Waals surface area contributed by atoms with E-state index in [9.17, 15) is 42.6 Å². The van der Waals surface area contributed by atoms with Crippen LogP contribution in [0.25, 0.3) is 33.6 Å². The standard InChI is InChI=1S/C41H45F3N8O6/c1-40(42)10-14-49(15-11-40)36(55)38(57)51-22-28(53)18-32(51)34-45-20-30(47-34)26-6-2-24(3-7-26)25-4-8-27(9-5-25)31-21-46-35(48-31)33-19-29(54)23-52(33)39(58)37(56)50-16-12-41(43,44)13-17-50/h2-9,20-21,28-29,32-33,53-54H,10-19,22-23H2,1H3,(H,45,47)(H,46,48)/t28-,29-,32+,33+/m1/s1. The van der Waals surface area contributed by atoms with E-state index in [1.165, 1.54) is 21.6 Å². The molecule has 0 bridgehead atoms. The molecule has 58 heavy (non-hydrogen) atoms. The minimum absolute atomic E-state index is 0.00460. The van der Waals surface area contributed by atoms with E-state index in [1.54, 1.807) is 12.4 Å². The van der Waals surface area contributed by atoms with Gasteiger partial charge < -0.3 is 39.8 Å². The summed E-state index contributed by atoms with van der Waals surface area (Å²) in [5, 5.41) is 20.9. The van der Waals surface area contributed by atoms with E-state index in [0.29, 0.717) is 23.0 Å². The van der Waals surface area contributed by atoms with Crippen molar-refractivity contribution in [3.63, 3.8) is 0 Å². The van der Waals surface area contributed by atoms with Crippen LogP contribution in [-0.2, 0) is 19.2 Å². The number of aliphatic hydroxyl groups is 2. The van der Waals surface area contributed by atoms with E-state index in [0.717, 1.165) is 27.2 Å². The number of rotatable bonds is 5. The zero-order valence-electron chi connectivity index (χ0n) is 31.9. The number of carbonyl (C=O) groups excluding carboxylic acids is 4. The molecule has 4 amide bonds. The number of imidazole rings is 2. The van der Waals surface area contributed by atoms with E-state index < -0.39 is 72.4 Å². The van der Waals surface area contributed by atoms with Crippen molar-refractivity contribution in [1.82, 2.24) is 39.5 Å².